The van der Waals surface area contributed by atoms with Crippen molar-refractivity contribution in [3.05, 3.63) is 29.8 Å². The summed E-state index contributed by atoms with van der Waals surface area (Å²) in [5.74, 6) is -0.0585. The van der Waals surface area contributed by atoms with E-state index in [1.165, 1.54) is 12.1 Å². The second-order valence-electron chi connectivity index (χ2n) is 7.88. The molecule has 1 aromatic rings. The Morgan fingerprint density at radius 3 is 2.39 bits per heavy atom. The summed E-state index contributed by atoms with van der Waals surface area (Å²) in [6.07, 6.45) is -1.10. The molecule has 2 aliphatic rings. The SMILES string of the molecule is CCC1(CC)CC(CCN2CCN(c3cccc(C(F)(F)F)c3)CC2)OC1=O. The van der Waals surface area contributed by atoms with E-state index in [0.717, 1.165) is 51.4 Å². The van der Waals surface area contributed by atoms with E-state index in [0.29, 0.717) is 18.8 Å². The molecule has 1 aromatic carbocycles. The lowest BCUT2D eigenvalue weighted by Gasteiger charge is -2.36. The first-order valence-corrected chi connectivity index (χ1v) is 10.1. The van der Waals surface area contributed by atoms with Crippen molar-refractivity contribution in [2.75, 3.05) is 37.6 Å². The summed E-state index contributed by atoms with van der Waals surface area (Å²) in [5.41, 5.74) is -0.298. The zero-order chi connectivity index (χ0) is 20.4. The standard InChI is InChI=1S/C21H29F3N2O2/c1-3-20(4-2)15-18(28-19(20)27)8-9-25-10-12-26(13-11-25)17-7-5-6-16(14-17)21(22,23)24/h5-7,14,18H,3-4,8-13,15H2,1-2H3. The van der Waals surface area contributed by atoms with Gasteiger partial charge in [0, 0.05) is 44.8 Å². The van der Waals surface area contributed by atoms with E-state index in [1.54, 1.807) is 6.07 Å². The molecule has 7 heteroatoms. The van der Waals surface area contributed by atoms with Gasteiger partial charge in [0.05, 0.1) is 11.0 Å². The average molecular weight is 398 g/mol. The molecule has 0 bridgehead atoms. The van der Waals surface area contributed by atoms with Crippen LogP contribution in [0, 0.1) is 5.41 Å². The van der Waals surface area contributed by atoms with Crippen LogP contribution in [-0.2, 0) is 15.7 Å². The number of carbonyl (C=O) groups is 1. The number of alkyl halides is 3. The molecule has 1 atom stereocenters. The molecule has 1 unspecified atom stereocenters. The first-order chi connectivity index (χ1) is 13.3. The maximum atomic E-state index is 12.9. The number of piperazine rings is 1. The van der Waals surface area contributed by atoms with Crippen molar-refractivity contribution in [3.8, 4) is 0 Å². The number of anilines is 1. The molecule has 3 rings (SSSR count). The Morgan fingerprint density at radius 1 is 1.14 bits per heavy atom. The van der Waals surface area contributed by atoms with Crippen LogP contribution in [-0.4, -0.2) is 49.7 Å². The van der Waals surface area contributed by atoms with Gasteiger partial charge in [-0.25, -0.2) is 0 Å². The lowest BCUT2D eigenvalue weighted by atomic mass is 9.79. The molecule has 4 nitrogen and oxygen atoms in total. The van der Waals surface area contributed by atoms with E-state index in [9.17, 15) is 18.0 Å². The molecule has 0 radical (unpaired) electrons. The minimum atomic E-state index is -4.32. The molecule has 2 aliphatic heterocycles. The van der Waals surface area contributed by atoms with Crippen LogP contribution in [0.25, 0.3) is 0 Å². The Labute approximate surface area is 164 Å². The number of hydrogen-bond donors (Lipinski definition) is 0. The van der Waals surface area contributed by atoms with Crippen LogP contribution in [0.4, 0.5) is 18.9 Å². The third-order valence-corrected chi connectivity index (χ3v) is 6.36. The maximum Gasteiger partial charge on any atom is 0.416 e. The number of esters is 1. The topological polar surface area (TPSA) is 32.8 Å². The molecule has 28 heavy (non-hydrogen) atoms. The fraction of sp³-hybridized carbons (Fsp3) is 0.667. The summed E-state index contributed by atoms with van der Waals surface area (Å²) in [5, 5.41) is 0. The van der Waals surface area contributed by atoms with Gasteiger partial charge in [-0.1, -0.05) is 19.9 Å². The first-order valence-electron chi connectivity index (χ1n) is 10.1. The van der Waals surface area contributed by atoms with Crippen LogP contribution in [0.1, 0.15) is 45.1 Å². The molecule has 2 saturated heterocycles. The quantitative estimate of drug-likeness (QED) is 0.668. The van der Waals surface area contributed by atoms with Crippen LogP contribution < -0.4 is 4.90 Å². The summed E-state index contributed by atoms with van der Waals surface area (Å²) in [6.45, 7) is 7.91. The van der Waals surface area contributed by atoms with E-state index in [2.05, 4.69) is 4.90 Å². The van der Waals surface area contributed by atoms with Gasteiger partial charge in [-0.2, -0.15) is 13.2 Å². The van der Waals surface area contributed by atoms with E-state index >= 15 is 0 Å². The zero-order valence-electron chi connectivity index (χ0n) is 16.6. The Morgan fingerprint density at radius 2 is 1.82 bits per heavy atom. The maximum absolute atomic E-state index is 12.9. The van der Waals surface area contributed by atoms with Crippen LogP contribution in [0.3, 0.4) is 0 Å². The van der Waals surface area contributed by atoms with Crippen LogP contribution in [0.2, 0.25) is 0 Å². The number of carbonyl (C=O) groups excluding carboxylic acids is 1. The number of ether oxygens (including phenoxy) is 1. The lowest BCUT2D eigenvalue weighted by Crippen LogP contribution is -2.47. The second kappa shape index (κ2) is 8.31. The van der Waals surface area contributed by atoms with Gasteiger partial charge in [-0.3, -0.25) is 9.69 Å². The third kappa shape index (κ3) is 4.45. The average Bonchev–Trinajstić information content (AvgIpc) is 3.02. The molecule has 0 amide bonds. The summed E-state index contributed by atoms with van der Waals surface area (Å²) >= 11 is 0. The Bertz CT molecular complexity index is 680. The predicted octanol–water partition coefficient (Wildman–Crippen LogP) is 4.34. The number of hydrogen-bond acceptors (Lipinski definition) is 4. The molecule has 2 heterocycles. The van der Waals surface area contributed by atoms with Crippen molar-refractivity contribution in [2.45, 2.75) is 51.8 Å². The Balaban J connectivity index is 1.48. The summed E-state index contributed by atoms with van der Waals surface area (Å²) in [6, 6.07) is 5.53. The van der Waals surface area contributed by atoms with Crippen LogP contribution in [0.15, 0.2) is 24.3 Å². The van der Waals surface area contributed by atoms with Crippen molar-refractivity contribution in [1.82, 2.24) is 4.90 Å². The highest BCUT2D eigenvalue weighted by Gasteiger charge is 2.46. The molecular formula is C21H29F3N2O2. The van der Waals surface area contributed by atoms with Gasteiger partial charge in [0.15, 0.2) is 0 Å². The number of nitrogens with zero attached hydrogens (tertiary/aromatic N) is 2. The Hall–Kier alpha value is -1.76. The first kappa shape index (κ1) is 21.0. The number of rotatable bonds is 6. The van der Waals surface area contributed by atoms with Gasteiger partial charge >= 0.3 is 12.1 Å². The normalized spacial score (nSPS) is 23.1. The zero-order valence-corrected chi connectivity index (χ0v) is 16.6. The third-order valence-electron chi connectivity index (χ3n) is 6.36. The van der Waals surface area contributed by atoms with Crippen molar-refractivity contribution < 1.29 is 22.7 Å². The monoisotopic (exact) mass is 398 g/mol. The van der Waals surface area contributed by atoms with E-state index in [-0.39, 0.29) is 17.5 Å². The molecular weight excluding hydrogens is 369 g/mol. The van der Waals surface area contributed by atoms with Crippen molar-refractivity contribution in [3.63, 3.8) is 0 Å². The molecule has 0 spiro atoms. The van der Waals surface area contributed by atoms with Gasteiger partial charge in [0.25, 0.3) is 0 Å². The van der Waals surface area contributed by atoms with Crippen LogP contribution >= 0.6 is 0 Å². The highest BCUT2D eigenvalue weighted by atomic mass is 19.4. The van der Waals surface area contributed by atoms with Gasteiger partial charge in [0.2, 0.25) is 0 Å². The molecule has 0 saturated carbocycles. The molecule has 0 aromatic heterocycles. The molecule has 2 fully saturated rings. The van der Waals surface area contributed by atoms with Crippen LogP contribution in [0.5, 0.6) is 0 Å². The van der Waals surface area contributed by atoms with E-state index in [4.69, 9.17) is 4.74 Å². The van der Waals surface area contributed by atoms with E-state index < -0.39 is 11.7 Å². The minimum absolute atomic E-state index is 0.0195. The van der Waals surface area contributed by atoms with Gasteiger partial charge in [-0.15, -0.1) is 0 Å². The Kier molecular flexibility index (Phi) is 6.22. The molecule has 0 aliphatic carbocycles. The number of halogens is 3. The van der Waals surface area contributed by atoms with E-state index in [1.807, 2.05) is 18.7 Å². The lowest BCUT2D eigenvalue weighted by molar-refractivity contribution is -0.149. The highest BCUT2D eigenvalue weighted by molar-refractivity contribution is 5.78. The number of cyclic esters (lactones) is 1. The summed E-state index contributed by atoms with van der Waals surface area (Å²) in [7, 11) is 0. The predicted molar refractivity (Wildman–Crippen MR) is 102 cm³/mol. The van der Waals surface area contributed by atoms with Gasteiger partial charge in [-0.05, 0) is 37.5 Å². The van der Waals surface area contributed by atoms with Gasteiger partial charge < -0.3 is 9.64 Å². The molecule has 156 valence electrons. The largest absolute Gasteiger partial charge is 0.462 e. The summed E-state index contributed by atoms with van der Waals surface area (Å²) in [4.78, 5) is 16.5. The highest BCUT2D eigenvalue weighted by Crippen LogP contribution is 2.41. The fourth-order valence-corrected chi connectivity index (χ4v) is 4.26. The van der Waals surface area contributed by atoms with Gasteiger partial charge in [0.1, 0.15) is 6.10 Å². The van der Waals surface area contributed by atoms with Crippen molar-refractivity contribution in [1.29, 1.82) is 0 Å². The van der Waals surface area contributed by atoms with Crippen molar-refractivity contribution >= 4 is 11.7 Å². The summed E-state index contributed by atoms with van der Waals surface area (Å²) < 4.78 is 44.4. The second-order valence-corrected chi connectivity index (χ2v) is 7.88. The smallest absolute Gasteiger partial charge is 0.416 e. The fourth-order valence-electron chi connectivity index (χ4n) is 4.26. The van der Waals surface area contributed by atoms with Crippen molar-refractivity contribution in [2.24, 2.45) is 5.41 Å². The minimum Gasteiger partial charge on any atom is -0.462 e. The molecule has 0 N–H and O–H groups in total. The number of benzene rings is 1.